The van der Waals surface area contributed by atoms with Gasteiger partial charge in [0, 0.05) is 31.9 Å². The number of anilines is 1. The molecule has 1 saturated heterocycles. The fourth-order valence-electron chi connectivity index (χ4n) is 3.35. The summed E-state index contributed by atoms with van der Waals surface area (Å²) >= 11 is 0. The van der Waals surface area contributed by atoms with Gasteiger partial charge in [0.2, 0.25) is 0 Å². The van der Waals surface area contributed by atoms with E-state index in [1.54, 1.807) is 24.3 Å². The average molecular weight is 430 g/mol. The van der Waals surface area contributed by atoms with E-state index in [1.807, 2.05) is 19.1 Å². The molecule has 1 aliphatic rings. The highest BCUT2D eigenvalue weighted by Gasteiger charge is 2.20. The lowest BCUT2D eigenvalue weighted by Gasteiger charge is -2.35. The van der Waals surface area contributed by atoms with E-state index in [-0.39, 0.29) is 16.3 Å². The highest BCUT2D eigenvalue weighted by Crippen LogP contribution is 2.24. The maximum Gasteiger partial charge on any atom is 0.340 e. The molecule has 158 valence electrons. The first-order chi connectivity index (χ1) is 14.4. The van der Waals surface area contributed by atoms with Crippen molar-refractivity contribution in [2.24, 2.45) is 0 Å². The Kier molecular flexibility index (Phi) is 5.60. The number of hydrogen-bond donors (Lipinski definition) is 2. The number of aromatic amines is 2. The van der Waals surface area contributed by atoms with Crippen LogP contribution in [0.2, 0.25) is 0 Å². The van der Waals surface area contributed by atoms with Crippen molar-refractivity contribution >= 4 is 15.8 Å². The molecule has 0 aliphatic carbocycles. The van der Waals surface area contributed by atoms with Crippen LogP contribution < -0.4 is 14.8 Å². The van der Waals surface area contributed by atoms with Crippen LogP contribution in [0.5, 0.6) is 5.75 Å². The fraction of sp³-hybridized carbons (Fsp3) is 0.300. The van der Waals surface area contributed by atoms with E-state index in [1.165, 1.54) is 12.1 Å². The summed E-state index contributed by atoms with van der Waals surface area (Å²) in [6.07, 6.45) is 0. The molecule has 3 aromatic rings. The molecule has 2 aromatic carbocycles. The van der Waals surface area contributed by atoms with Gasteiger partial charge in [-0.1, -0.05) is 17.7 Å². The van der Waals surface area contributed by atoms with Crippen molar-refractivity contribution in [3.63, 3.8) is 0 Å². The Labute approximate surface area is 174 Å². The molecule has 9 nitrogen and oxygen atoms in total. The first kappa shape index (κ1) is 20.2. The molecule has 2 heterocycles. The summed E-state index contributed by atoms with van der Waals surface area (Å²) in [6.45, 7) is 5.78. The van der Waals surface area contributed by atoms with Crippen molar-refractivity contribution in [1.29, 1.82) is 0 Å². The zero-order chi connectivity index (χ0) is 21.1. The Morgan fingerprint density at radius 2 is 1.67 bits per heavy atom. The van der Waals surface area contributed by atoms with E-state index in [4.69, 9.17) is 4.18 Å². The van der Waals surface area contributed by atoms with Gasteiger partial charge >= 0.3 is 15.8 Å². The summed E-state index contributed by atoms with van der Waals surface area (Å²) in [7, 11) is -3.86. The van der Waals surface area contributed by atoms with Gasteiger partial charge in [0.05, 0.1) is 6.54 Å². The van der Waals surface area contributed by atoms with Gasteiger partial charge in [0.15, 0.2) is 0 Å². The van der Waals surface area contributed by atoms with Gasteiger partial charge < -0.3 is 9.08 Å². The van der Waals surface area contributed by atoms with Crippen molar-refractivity contribution in [1.82, 2.24) is 20.1 Å². The highest BCUT2D eigenvalue weighted by molar-refractivity contribution is 7.87. The Hall–Kier alpha value is -3.11. The van der Waals surface area contributed by atoms with E-state index in [9.17, 15) is 13.2 Å². The van der Waals surface area contributed by atoms with Gasteiger partial charge in [0.1, 0.15) is 16.5 Å². The van der Waals surface area contributed by atoms with E-state index in [0.29, 0.717) is 12.4 Å². The molecule has 0 amide bonds. The minimum Gasteiger partial charge on any atom is -0.379 e. The zero-order valence-corrected chi connectivity index (χ0v) is 17.4. The number of nitrogens with zero attached hydrogens (tertiary/aromatic N) is 3. The third-order valence-corrected chi connectivity index (χ3v) is 6.27. The molecular formula is C20H23N5O4S. The van der Waals surface area contributed by atoms with Gasteiger partial charge in [-0.15, -0.1) is 0 Å². The largest absolute Gasteiger partial charge is 0.379 e. The Morgan fingerprint density at radius 1 is 1.00 bits per heavy atom. The number of hydrogen-bond acceptors (Lipinski definition) is 7. The first-order valence-corrected chi connectivity index (χ1v) is 11.0. The average Bonchev–Trinajstić information content (AvgIpc) is 3.14. The van der Waals surface area contributed by atoms with E-state index in [0.717, 1.165) is 37.4 Å². The number of rotatable bonds is 6. The van der Waals surface area contributed by atoms with Crippen LogP contribution in [0.3, 0.4) is 0 Å². The van der Waals surface area contributed by atoms with Crippen LogP contribution in [0.25, 0.3) is 0 Å². The second-order valence-electron chi connectivity index (χ2n) is 7.23. The number of nitrogens with one attached hydrogen (secondary N) is 2. The SMILES string of the molecule is Cc1ccc(S(=O)(=O)Oc2ccc(N3CCN(Cc4n[nH]c(=O)[nH]4)CC3)cc2)cc1. The molecule has 0 bridgehead atoms. The molecule has 1 aliphatic heterocycles. The molecule has 2 N–H and O–H groups in total. The number of aryl methyl sites for hydroxylation is 1. The smallest absolute Gasteiger partial charge is 0.340 e. The molecule has 4 rings (SSSR count). The van der Waals surface area contributed by atoms with Crippen LogP contribution >= 0.6 is 0 Å². The minimum atomic E-state index is -3.86. The molecule has 0 radical (unpaired) electrons. The van der Waals surface area contributed by atoms with Crippen LogP contribution in [0, 0.1) is 6.92 Å². The number of H-pyrrole nitrogens is 2. The van der Waals surface area contributed by atoms with Gasteiger partial charge in [-0.3, -0.25) is 9.88 Å². The lowest BCUT2D eigenvalue weighted by molar-refractivity contribution is 0.244. The summed E-state index contributed by atoms with van der Waals surface area (Å²) in [5, 5.41) is 6.31. The Morgan fingerprint density at radius 3 is 2.27 bits per heavy atom. The summed E-state index contributed by atoms with van der Waals surface area (Å²) in [6, 6.07) is 13.6. The summed E-state index contributed by atoms with van der Waals surface area (Å²) in [5.74, 6) is 0.908. The van der Waals surface area contributed by atoms with E-state index in [2.05, 4.69) is 25.0 Å². The van der Waals surface area contributed by atoms with E-state index < -0.39 is 10.1 Å². The van der Waals surface area contributed by atoms with E-state index >= 15 is 0 Å². The number of benzene rings is 2. The standard InChI is InChI=1S/C20H23N5O4S/c1-15-2-8-18(9-3-15)30(27,28)29-17-6-4-16(5-7-17)25-12-10-24(11-13-25)14-19-21-20(26)23-22-19/h2-9H,10-14H2,1H3,(H2,21,22,23,26). The summed E-state index contributed by atoms with van der Waals surface area (Å²) < 4.78 is 30.1. The third-order valence-electron chi connectivity index (χ3n) is 5.01. The minimum absolute atomic E-state index is 0.131. The lowest BCUT2D eigenvalue weighted by Crippen LogP contribution is -2.46. The van der Waals surface area contributed by atoms with Crippen LogP contribution in [0.4, 0.5) is 5.69 Å². The number of piperazine rings is 1. The topological polar surface area (TPSA) is 111 Å². The first-order valence-electron chi connectivity index (χ1n) is 9.61. The molecule has 0 unspecified atom stereocenters. The van der Waals surface area contributed by atoms with Crippen molar-refractivity contribution in [3.05, 3.63) is 70.4 Å². The predicted octanol–water partition coefficient (Wildman–Crippen LogP) is 1.50. The highest BCUT2D eigenvalue weighted by atomic mass is 32.2. The molecule has 0 atom stereocenters. The zero-order valence-electron chi connectivity index (χ0n) is 16.5. The van der Waals surface area contributed by atoms with Crippen LogP contribution in [0.1, 0.15) is 11.4 Å². The summed E-state index contributed by atoms with van der Waals surface area (Å²) in [5.41, 5.74) is 1.69. The normalized spacial score (nSPS) is 15.3. The Bertz CT molecular complexity index is 1140. The lowest BCUT2D eigenvalue weighted by atomic mass is 10.2. The number of aromatic nitrogens is 3. The van der Waals surface area contributed by atoms with Crippen LogP contribution in [-0.2, 0) is 16.7 Å². The molecule has 0 spiro atoms. The van der Waals surface area contributed by atoms with Gasteiger partial charge in [-0.05, 0) is 43.3 Å². The van der Waals surface area contributed by atoms with Crippen LogP contribution in [0.15, 0.2) is 58.2 Å². The molecule has 30 heavy (non-hydrogen) atoms. The second kappa shape index (κ2) is 8.33. The molecular weight excluding hydrogens is 406 g/mol. The van der Waals surface area contributed by atoms with Crippen molar-refractivity contribution in [2.45, 2.75) is 18.4 Å². The van der Waals surface area contributed by atoms with Gasteiger partial charge in [0.25, 0.3) is 0 Å². The van der Waals surface area contributed by atoms with Crippen molar-refractivity contribution < 1.29 is 12.6 Å². The molecule has 10 heteroatoms. The molecule has 1 aromatic heterocycles. The van der Waals surface area contributed by atoms with Gasteiger partial charge in [-0.2, -0.15) is 13.5 Å². The van der Waals surface area contributed by atoms with Crippen molar-refractivity contribution in [2.75, 3.05) is 31.1 Å². The predicted molar refractivity (Wildman–Crippen MR) is 112 cm³/mol. The maximum atomic E-state index is 12.4. The Balaban J connectivity index is 1.35. The second-order valence-corrected chi connectivity index (χ2v) is 8.78. The molecule has 0 saturated carbocycles. The monoisotopic (exact) mass is 429 g/mol. The quantitative estimate of drug-likeness (QED) is 0.571. The maximum absolute atomic E-state index is 12.4. The third kappa shape index (κ3) is 4.71. The van der Waals surface area contributed by atoms with Crippen molar-refractivity contribution in [3.8, 4) is 5.75 Å². The fourth-order valence-corrected chi connectivity index (χ4v) is 4.28. The summed E-state index contributed by atoms with van der Waals surface area (Å²) in [4.78, 5) is 18.4. The van der Waals surface area contributed by atoms with Gasteiger partial charge in [-0.25, -0.2) is 9.89 Å². The molecule has 1 fully saturated rings. The van der Waals surface area contributed by atoms with Crippen LogP contribution in [-0.4, -0.2) is 54.7 Å².